The maximum atomic E-state index is 12.4. The van der Waals surface area contributed by atoms with E-state index in [9.17, 15) is 4.79 Å². The zero-order valence-electron chi connectivity index (χ0n) is 11.6. The topological polar surface area (TPSA) is 17.1 Å². The lowest BCUT2D eigenvalue weighted by Gasteiger charge is -2.22. The summed E-state index contributed by atoms with van der Waals surface area (Å²) < 4.78 is 0. The molecular formula is C18H22O. The van der Waals surface area contributed by atoms with E-state index in [-0.39, 0.29) is 5.92 Å². The van der Waals surface area contributed by atoms with Crippen LogP contribution in [-0.2, 0) is 11.2 Å². The zero-order chi connectivity index (χ0) is 13.4. The highest BCUT2D eigenvalue weighted by Gasteiger charge is 2.40. The molecule has 0 heterocycles. The number of carbonyl (C=O) groups excluding carboxylic acids is 1. The van der Waals surface area contributed by atoms with Gasteiger partial charge in [0.15, 0.2) is 0 Å². The molecule has 0 amide bonds. The highest BCUT2D eigenvalue weighted by atomic mass is 16.1. The van der Waals surface area contributed by atoms with Crippen LogP contribution in [0.4, 0.5) is 0 Å². The Labute approximate surface area is 115 Å². The molecule has 1 heteroatoms. The smallest absolute Gasteiger partial charge is 0.136 e. The van der Waals surface area contributed by atoms with Crippen molar-refractivity contribution in [3.05, 3.63) is 48.0 Å². The molecule has 1 saturated carbocycles. The van der Waals surface area contributed by atoms with Crippen LogP contribution < -0.4 is 0 Å². The number of ketones is 1. The van der Waals surface area contributed by atoms with Crippen LogP contribution >= 0.6 is 0 Å². The maximum absolute atomic E-state index is 12.4. The molecule has 1 aromatic carbocycles. The molecule has 0 bridgehead atoms. The summed E-state index contributed by atoms with van der Waals surface area (Å²) in [5.41, 5.74) is 2.97. The second kappa shape index (κ2) is 4.96. The van der Waals surface area contributed by atoms with E-state index in [0.717, 1.165) is 25.7 Å². The summed E-state index contributed by atoms with van der Waals surface area (Å²) in [4.78, 5) is 12.4. The monoisotopic (exact) mass is 254 g/mol. The first-order chi connectivity index (χ1) is 9.20. The van der Waals surface area contributed by atoms with Gasteiger partial charge in [-0.3, -0.25) is 4.79 Å². The number of allylic oxidation sites excluding steroid dienone is 1. The van der Waals surface area contributed by atoms with Gasteiger partial charge in [0.2, 0.25) is 0 Å². The fraction of sp³-hybridized carbons (Fsp3) is 0.500. The van der Waals surface area contributed by atoms with Gasteiger partial charge in [-0.25, -0.2) is 0 Å². The first-order valence-electron chi connectivity index (χ1n) is 7.42. The van der Waals surface area contributed by atoms with E-state index >= 15 is 0 Å². The van der Waals surface area contributed by atoms with Gasteiger partial charge in [0, 0.05) is 12.3 Å². The molecule has 2 aliphatic rings. The Morgan fingerprint density at radius 1 is 1.32 bits per heavy atom. The third-order valence-electron chi connectivity index (χ3n) is 5.21. The van der Waals surface area contributed by atoms with Gasteiger partial charge in [0.1, 0.15) is 5.78 Å². The minimum Gasteiger partial charge on any atom is -0.299 e. The Hall–Kier alpha value is -1.37. The van der Waals surface area contributed by atoms with Gasteiger partial charge in [-0.1, -0.05) is 37.3 Å². The van der Waals surface area contributed by atoms with Crippen LogP contribution in [0.25, 0.3) is 0 Å². The van der Waals surface area contributed by atoms with Crippen molar-refractivity contribution in [1.29, 1.82) is 0 Å². The quantitative estimate of drug-likeness (QED) is 0.725. The molecule has 4 unspecified atom stereocenters. The Bertz CT molecular complexity index is 502. The van der Waals surface area contributed by atoms with Crippen molar-refractivity contribution < 1.29 is 4.79 Å². The summed E-state index contributed by atoms with van der Waals surface area (Å²) in [6, 6.07) is 8.77. The van der Waals surface area contributed by atoms with E-state index in [2.05, 4.69) is 37.8 Å². The Balaban J connectivity index is 1.93. The standard InChI is InChI=1S/C18H22O/c1-3-6-13-10-17-15(11-18(19)12(13)2)9-14-7-4-5-8-16(14)17/h3-5,7-8,12-13,15,17H,1,6,9-11H2,2H3. The zero-order valence-corrected chi connectivity index (χ0v) is 11.6. The van der Waals surface area contributed by atoms with Gasteiger partial charge >= 0.3 is 0 Å². The third-order valence-corrected chi connectivity index (χ3v) is 5.21. The minimum atomic E-state index is 0.204. The van der Waals surface area contributed by atoms with Crippen molar-refractivity contribution in [3.63, 3.8) is 0 Å². The number of fused-ring (bicyclic) bond motifs is 3. The van der Waals surface area contributed by atoms with E-state index in [0.29, 0.717) is 23.5 Å². The van der Waals surface area contributed by atoms with E-state index in [4.69, 9.17) is 0 Å². The number of Topliss-reactive ketones (excluding diaryl/α,β-unsaturated/α-hetero) is 1. The van der Waals surface area contributed by atoms with Crippen LogP contribution in [0.15, 0.2) is 36.9 Å². The molecule has 4 atom stereocenters. The highest BCUT2D eigenvalue weighted by molar-refractivity contribution is 5.82. The number of hydrogen-bond acceptors (Lipinski definition) is 1. The fourth-order valence-corrected chi connectivity index (χ4v) is 4.05. The maximum Gasteiger partial charge on any atom is 0.136 e. The van der Waals surface area contributed by atoms with E-state index in [1.165, 1.54) is 11.1 Å². The molecule has 0 spiro atoms. The van der Waals surface area contributed by atoms with Crippen LogP contribution in [0.3, 0.4) is 0 Å². The van der Waals surface area contributed by atoms with E-state index < -0.39 is 0 Å². The molecule has 3 rings (SSSR count). The van der Waals surface area contributed by atoms with Crippen molar-refractivity contribution >= 4 is 5.78 Å². The first kappa shape index (κ1) is 12.7. The summed E-state index contributed by atoms with van der Waals surface area (Å²) in [5, 5.41) is 0. The third kappa shape index (κ3) is 2.16. The molecule has 100 valence electrons. The molecule has 19 heavy (non-hydrogen) atoms. The number of benzene rings is 1. The molecular weight excluding hydrogens is 232 g/mol. The van der Waals surface area contributed by atoms with E-state index in [1.54, 1.807) is 0 Å². The lowest BCUT2D eigenvalue weighted by molar-refractivity contribution is -0.124. The number of hydrogen-bond donors (Lipinski definition) is 0. The Morgan fingerprint density at radius 3 is 2.89 bits per heavy atom. The van der Waals surface area contributed by atoms with E-state index in [1.807, 2.05) is 6.08 Å². The lowest BCUT2D eigenvalue weighted by Crippen LogP contribution is -2.19. The van der Waals surface area contributed by atoms with Crippen molar-refractivity contribution in [1.82, 2.24) is 0 Å². The van der Waals surface area contributed by atoms with Crippen molar-refractivity contribution in [2.45, 2.75) is 38.5 Å². The number of rotatable bonds is 2. The Morgan fingerprint density at radius 2 is 2.11 bits per heavy atom. The van der Waals surface area contributed by atoms with Crippen molar-refractivity contribution in [3.8, 4) is 0 Å². The van der Waals surface area contributed by atoms with Gasteiger partial charge in [0.25, 0.3) is 0 Å². The van der Waals surface area contributed by atoms with Crippen molar-refractivity contribution in [2.24, 2.45) is 17.8 Å². The number of carbonyl (C=O) groups is 1. The molecule has 0 radical (unpaired) electrons. The van der Waals surface area contributed by atoms with Gasteiger partial charge in [0.05, 0.1) is 0 Å². The first-order valence-corrected chi connectivity index (χ1v) is 7.42. The Kier molecular flexibility index (Phi) is 3.30. The van der Waals surface area contributed by atoms with Gasteiger partial charge in [-0.15, -0.1) is 6.58 Å². The largest absolute Gasteiger partial charge is 0.299 e. The summed E-state index contributed by atoms with van der Waals surface area (Å²) in [6.45, 7) is 5.98. The van der Waals surface area contributed by atoms with Gasteiger partial charge in [-0.05, 0) is 48.1 Å². The molecule has 1 nitrogen and oxygen atoms in total. The SMILES string of the molecule is C=CCC1CC2c3ccccc3CC2CC(=O)C1C. The molecule has 0 aromatic heterocycles. The summed E-state index contributed by atoms with van der Waals surface area (Å²) in [6.07, 6.45) is 5.97. The predicted octanol–water partition coefficient (Wildman–Crippen LogP) is 4.13. The lowest BCUT2D eigenvalue weighted by atomic mass is 9.82. The second-order valence-electron chi connectivity index (χ2n) is 6.25. The minimum absolute atomic E-state index is 0.204. The summed E-state index contributed by atoms with van der Waals surface area (Å²) in [5.74, 6) is 2.28. The molecule has 0 aliphatic heterocycles. The van der Waals surface area contributed by atoms with Crippen LogP contribution in [0.1, 0.15) is 43.2 Å². The molecule has 0 saturated heterocycles. The average molecular weight is 254 g/mol. The van der Waals surface area contributed by atoms with Crippen LogP contribution in [-0.4, -0.2) is 5.78 Å². The molecule has 1 aromatic rings. The van der Waals surface area contributed by atoms with Crippen LogP contribution in [0.2, 0.25) is 0 Å². The molecule has 1 fully saturated rings. The second-order valence-corrected chi connectivity index (χ2v) is 6.25. The molecule has 2 aliphatic carbocycles. The van der Waals surface area contributed by atoms with Crippen LogP contribution in [0.5, 0.6) is 0 Å². The summed E-state index contributed by atoms with van der Waals surface area (Å²) >= 11 is 0. The van der Waals surface area contributed by atoms with Gasteiger partial charge < -0.3 is 0 Å². The average Bonchev–Trinajstić information content (AvgIpc) is 2.70. The van der Waals surface area contributed by atoms with Crippen LogP contribution in [0, 0.1) is 17.8 Å². The van der Waals surface area contributed by atoms with Crippen molar-refractivity contribution in [2.75, 3.05) is 0 Å². The normalized spacial score (nSPS) is 33.4. The predicted molar refractivity (Wildman–Crippen MR) is 78.1 cm³/mol. The highest BCUT2D eigenvalue weighted by Crippen LogP contribution is 2.47. The fourth-order valence-electron chi connectivity index (χ4n) is 4.05. The molecule has 0 N–H and O–H groups in total. The van der Waals surface area contributed by atoms with Gasteiger partial charge in [-0.2, -0.15) is 0 Å². The summed E-state index contributed by atoms with van der Waals surface area (Å²) in [7, 11) is 0.